The third kappa shape index (κ3) is 3.71. The molecule has 0 aromatic heterocycles. The number of carbonyl (C=O) groups is 1. The highest BCUT2D eigenvalue weighted by molar-refractivity contribution is 5.89. The summed E-state index contributed by atoms with van der Waals surface area (Å²) >= 11 is 0. The summed E-state index contributed by atoms with van der Waals surface area (Å²) < 4.78 is 11.1. The molecule has 1 aliphatic carbocycles. The fourth-order valence-electron chi connectivity index (χ4n) is 2.71. The van der Waals surface area contributed by atoms with Gasteiger partial charge >= 0.3 is 6.03 Å². The quantitative estimate of drug-likeness (QED) is 0.909. The van der Waals surface area contributed by atoms with Gasteiger partial charge in [0.1, 0.15) is 5.75 Å². The van der Waals surface area contributed by atoms with Crippen molar-refractivity contribution in [3.63, 3.8) is 0 Å². The van der Waals surface area contributed by atoms with Crippen molar-refractivity contribution in [1.82, 2.24) is 4.90 Å². The Kier molecular flexibility index (Phi) is 4.83. The average molecular weight is 304 g/mol. The molecule has 1 aliphatic heterocycles. The number of rotatable bonds is 5. The summed E-state index contributed by atoms with van der Waals surface area (Å²) in [7, 11) is 1.86. The molecule has 0 bridgehead atoms. The number of nitrogens with one attached hydrogen (secondary N) is 1. The second kappa shape index (κ2) is 7.01. The van der Waals surface area contributed by atoms with Crippen LogP contribution in [0.15, 0.2) is 24.3 Å². The van der Waals surface area contributed by atoms with Crippen LogP contribution in [0.3, 0.4) is 0 Å². The van der Waals surface area contributed by atoms with Crippen LogP contribution in [0, 0.1) is 5.92 Å². The highest BCUT2D eigenvalue weighted by Gasteiger charge is 2.25. The zero-order chi connectivity index (χ0) is 15.4. The number of benzene rings is 1. The van der Waals surface area contributed by atoms with Crippen LogP contribution in [0.25, 0.3) is 0 Å². The Morgan fingerprint density at radius 2 is 2.09 bits per heavy atom. The summed E-state index contributed by atoms with van der Waals surface area (Å²) in [5.41, 5.74) is 0.799. The van der Waals surface area contributed by atoms with Crippen molar-refractivity contribution < 1.29 is 14.3 Å². The molecule has 5 nitrogen and oxygen atoms in total. The highest BCUT2D eigenvalue weighted by atomic mass is 16.5. The van der Waals surface area contributed by atoms with Gasteiger partial charge < -0.3 is 19.7 Å². The molecule has 3 rings (SSSR count). The zero-order valence-corrected chi connectivity index (χ0v) is 13.1. The Bertz CT molecular complexity index is 493. The van der Waals surface area contributed by atoms with E-state index in [0.717, 1.165) is 43.9 Å². The molecule has 2 aliphatic rings. The van der Waals surface area contributed by atoms with E-state index >= 15 is 0 Å². The van der Waals surface area contributed by atoms with Gasteiger partial charge in [-0.3, -0.25) is 0 Å². The molecular formula is C17H24N2O3. The van der Waals surface area contributed by atoms with E-state index in [1.165, 1.54) is 6.42 Å². The number of urea groups is 1. The van der Waals surface area contributed by atoms with Gasteiger partial charge in [-0.05, 0) is 49.9 Å². The molecular weight excluding hydrogens is 280 g/mol. The van der Waals surface area contributed by atoms with E-state index in [1.807, 2.05) is 31.3 Å². The van der Waals surface area contributed by atoms with Crippen molar-refractivity contribution in [3.8, 4) is 5.75 Å². The molecule has 1 N–H and O–H groups in total. The van der Waals surface area contributed by atoms with Crippen LogP contribution in [0.1, 0.15) is 25.7 Å². The van der Waals surface area contributed by atoms with E-state index < -0.39 is 0 Å². The molecule has 1 saturated heterocycles. The molecule has 22 heavy (non-hydrogen) atoms. The van der Waals surface area contributed by atoms with Gasteiger partial charge in [-0.25, -0.2) is 4.79 Å². The molecule has 1 saturated carbocycles. The first-order chi connectivity index (χ1) is 10.7. The highest BCUT2D eigenvalue weighted by Crippen LogP contribution is 2.24. The first kappa shape index (κ1) is 15.2. The number of hydrogen-bond acceptors (Lipinski definition) is 3. The van der Waals surface area contributed by atoms with Crippen molar-refractivity contribution in [2.24, 2.45) is 5.92 Å². The van der Waals surface area contributed by atoms with E-state index in [2.05, 4.69) is 5.32 Å². The summed E-state index contributed by atoms with van der Waals surface area (Å²) in [6.07, 6.45) is 4.52. The second-order valence-corrected chi connectivity index (χ2v) is 6.19. The number of hydrogen-bond donors (Lipinski definition) is 1. The van der Waals surface area contributed by atoms with Crippen molar-refractivity contribution in [3.05, 3.63) is 24.3 Å². The van der Waals surface area contributed by atoms with Gasteiger partial charge in [0, 0.05) is 31.3 Å². The van der Waals surface area contributed by atoms with Crippen LogP contribution in [0.4, 0.5) is 10.5 Å². The van der Waals surface area contributed by atoms with Gasteiger partial charge in [0.25, 0.3) is 0 Å². The maximum absolute atomic E-state index is 12.1. The normalized spacial score (nSPS) is 21.2. The maximum Gasteiger partial charge on any atom is 0.321 e. The number of anilines is 1. The van der Waals surface area contributed by atoms with Crippen molar-refractivity contribution in [2.45, 2.75) is 31.7 Å². The van der Waals surface area contributed by atoms with Crippen LogP contribution in [0.5, 0.6) is 5.75 Å². The zero-order valence-electron chi connectivity index (χ0n) is 13.1. The maximum atomic E-state index is 12.1. The lowest BCUT2D eigenvalue weighted by Crippen LogP contribution is -2.43. The Labute approximate surface area is 131 Å². The lowest BCUT2D eigenvalue weighted by Gasteiger charge is -2.34. The lowest BCUT2D eigenvalue weighted by molar-refractivity contribution is 0.167. The predicted octanol–water partition coefficient (Wildman–Crippen LogP) is 3.12. The summed E-state index contributed by atoms with van der Waals surface area (Å²) in [4.78, 5) is 13.9. The molecule has 1 heterocycles. The topological polar surface area (TPSA) is 50.8 Å². The fraction of sp³-hybridized carbons (Fsp3) is 0.588. The van der Waals surface area contributed by atoms with Gasteiger partial charge in [-0.2, -0.15) is 0 Å². The van der Waals surface area contributed by atoms with E-state index in [0.29, 0.717) is 18.6 Å². The molecule has 2 amide bonds. The van der Waals surface area contributed by atoms with Crippen molar-refractivity contribution in [2.75, 3.05) is 32.2 Å². The first-order valence-corrected chi connectivity index (χ1v) is 8.07. The van der Waals surface area contributed by atoms with E-state index in [-0.39, 0.29) is 6.03 Å². The van der Waals surface area contributed by atoms with Crippen LogP contribution < -0.4 is 10.1 Å². The van der Waals surface area contributed by atoms with Crippen molar-refractivity contribution in [1.29, 1.82) is 0 Å². The SMILES string of the molecule is CN(C(=O)Nc1ccc(OCC2CCOC2)cc1)C1CCC1. The molecule has 2 fully saturated rings. The molecule has 1 aromatic carbocycles. The Morgan fingerprint density at radius 3 is 2.68 bits per heavy atom. The van der Waals surface area contributed by atoms with Crippen LogP contribution in [-0.4, -0.2) is 43.8 Å². The minimum atomic E-state index is -0.0403. The van der Waals surface area contributed by atoms with E-state index in [9.17, 15) is 4.79 Å². The number of carbonyl (C=O) groups excluding carboxylic acids is 1. The second-order valence-electron chi connectivity index (χ2n) is 6.19. The van der Waals surface area contributed by atoms with Crippen LogP contribution >= 0.6 is 0 Å². The molecule has 120 valence electrons. The first-order valence-electron chi connectivity index (χ1n) is 8.07. The van der Waals surface area contributed by atoms with Gasteiger partial charge in [0.2, 0.25) is 0 Å². The molecule has 1 unspecified atom stereocenters. The van der Waals surface area contributed by atoms with Gasteiger partial charge in [0.05, 0.1) is 13.2 Å². The van der Waals surface area contributed by atoms with Gasteiger partial charge in [-0.1, -0.05) is 0 Å². The van der Waals surface area contributed by atoms with Crippen LogP contribution in [-0.2, 0) is 4.74 Å². The minimum Gasteiger partial charge on any atom is -0.493 e. The largest absolute Gasteiger partial charge is 0.493 e. The Balaban J connectivity index is 1.47. The van der Waals surface area contributed by atoms with Crippen molar-refractivity contribution >= 4 is 11.7 Å². The molecule has 1 aromatic rings. The summed E-state index contributed by atoms with van der Waals surface area (Å²) in [6.45, 7) is 2.32. The van der Waals surface area contributed by atoms with E-state index in [1.54, 1.807) is 4.90 Å². The van der Waals surface area contributed by atoms with E-state index in [4.69, 9.17) is 9.47 Å². The number of nitrogens with zero attached hydrogens (tertiary/aromatic N) is 1. The molecule has 0 spiro atoms. The Hall–Kier alpha value is -1.75. The number of amides is 2. The lowest BCUT2D eigenvalue weighted by atomic mass is 9.92. The third-order valence-electron chi connectivity index (χ3n) is 4.56. The average Bonchev–Trinajstić information content (AvgIpc) is 2.98. The molecule has 1 atom stereocenters. The third-order valence-corrected chi connectivity index (χ3v) is 4.56. The summed E-state index contributed by atoms with van der Waals surface area (Å²) in [5.74, 6) is 1.33. The van der Waals surface area contributed by atoms with Gasteiger partial charge in [0.15, 0.2) is 0 Å². The van der Waals surface area contributed by atoms with Crippen LogP contribution in [0.2, 0.25) is 0 Å². The minimum absolute atomic E-state index is 0.0403. The van der Waals surface area contributed by atoms with Gasteiger partial charge in [-0.15, -0.1) is 0 Å². The standard InChI is InChI=1S/C17H24N2O3/c1-19(15-3-2-4-15)17(20)18-14-5-7-16(8-6-14)22-12-13-9-10-21-11-13/h5-8,13,15H,2-4,9-12H2,1H3,(H,18,20). The molecule has 0 radical (unpaired) electrons. The molecule has 5 heteroatoms. The number of ether oxygens (including phenoxy) is 2. The Morgan fingerprint density at radius 1 is 1.32 bits per heavy atom. The monoisotopic (exact) mass is 304 g/mol. The summed E-state index contributed by atoms with van der Waals surface area (Å²) in [5, 5.41) is 2.93. The predicted molar refractivity (Wildman–Crippen MR) is 85.3 cm³/mol. The smallest absolute Gasteiger partial charge is 0.321 e. The summed E-state index contributed by atoms with van der Waals surface area (Å²) in [6, 6.07) is 7.92. The fourth-order valence-corrected chi connectivity index (χ4v) is 2.71.